The summed E-state index contributed by atoms with van der Waals surface area (Å²) >= 11 is 1.21. The second-order valence-electron chi connectivity index (χ2n) is 11.0. The molecular weight excluding hydrogens is 554 g/mol. The predicted octanol–water partition coefficient (Wildman–Crippen LogP) is 4.51. The number of carbonyl (C=O) groups excluding carboxylic acids is 1. The van der Waals surface area contributed by atoms with Crippen molar-refractivity contribution in [2.24, 2.45) is 16.7 Å². The highest BCUT2D eigenvalue weighted by atomic mass is 32.2. The second-order valence-corrected chi connectivity index (χ2v) is 13.6. The van der Waals surface area contributed by atoms with E-state index in [0.717, 1.165) is 23.7 Å². The SMILES string of the molecule is CS/C(=C\[N+](=O)[O-])Nc1cccc(-c2ccc(C[C@H](NS(=O)(=O)C[C@]34CCC(CC3=O)C4(C)C)C(=O)O)cc2)c1. The van der Waals surface area contributed by atoms with Crippen LogP contribution in [0.4, 0.5) is 5.69 Å². The van der Waals surface area contributed by atoms with Gasteiger partial charge in [-0.1, -0.05) is 50.2 Å². The maximum absolute atomic E-state index is 13.2. The van der Waals surface area contributed by atoms with Crippen LogP contribution in [0.5, 0.6) is 0 Å². The molecule has 0 radical (unpaired) electrons. The molecule has 2 fully saturated rings. The van der Waals surface area contributed by atoms with Crippen molar-refractivity contribution >= 4 is 39.2 Å². The summed E-state index contributed by atoms with van der Waals surface area (Å²) in [5, 5.41) is 24.0. The van der Waals surface area contributed by atoms with Gasteiger partial charge in [-0.05, 0) is 65.7 Å². The lowest BCUT2D eigenvalue weighted by molar-refractivity contribution is -0.402. The molecule has 12 heteroatoms. The summed E-state index contributed by atoms with van der Waals surface area (Å²) in [4.78, 5) is 35.1. The minimum absolute atomic E-state index is 0.0423. The molecule has 10 nitrogen and oxygen atoms in total. The predicted molar refractivity (Wildman–Crippen MR) is 155 cm³/mol. The first kappa shape index (κ1) is 29.8. The van der Waals surface area contributed by atoms with Crippen molar-refractivity contribution in [3.8, 4) is 11.1 Å². The fraction of sp³-hybridized carbons (Fsp3) is 0.429. The quantitative estimate of drug-likeness (QED) is 0.240. The average molecular weight is 588 g/mol. The van der Waals surface area contributed by atoms with Crippen LogP contribution in [0.25, 0.3) is 11.1 Å². The van der Waals surface area contributed by atoms with Gasteiger partial charge in [0.05, 0.1) is 10.7 Å². The van der Waals surface area contributed by atoms with Crippen molar-refractivity contribution in [2.45, 2.75) is 45.6 Å². The number of aliphatic carboxylic acids is 1. The first-order valence-electron chi connectivity index (χ1n) is 12.9. The third-order valence-electron chi connectivity index (χ3n) is 8.50. The summed E-state index contributed by atoms with van der Waals surface area (Å²) in [6.07, 6.45) is 4.25. The van der Waals surface area contributed by atoms with Crippen LogP contribution >= 0.6 is 11.8 Å². The fourth-order valence-corrected chi connectivity index (χ4v) is 8.53. The summed E-state index contributed by atoms with van der Waals surface area (Å²) in [6.45, 7) is 3.89. The number of carboxylic acids is 1. The van der Waals surface area contributed by atoms with Gasteiger partial charge in [0, 0.05) is 17.5 Å². The lowest BCUT2D eigenvalue weighted by atomic mass is 9.70. The van der Waals surface area contributed by atoms with Crippen LogP contribution in [0.15, 0.2) is 59.8 Å². The van der Waals surface area contributed by atoms with E-state index in [1.165, 1.54) is 11.8 Å². The Hall–Kier alpha value is -3.22. The van der Waals surface area contributed by atoms with Crippen LogP contribution in [0.2, 0.25) is 0 Å². The Morgan fingerprint density at radius 3 is 2.48 bits per heavy atom. The number of carboxylic acid groups (broad SMARTS) is 1. The van der Waals surface area contributed by atoms with E-state index in [1.54, 1.807) is 24.5 Å². The summed E-state index contributed by atoms with van der Waals surface area (Å²) in [6, 6.07) is 13.0. The van der Waals surface area contributed by atoms with Crippen LogP contribution in [0.3, 0.4) is 0 Å². The number of ketones is 1. The molecule has 0 aromatic heterocycles. The molecular formula is C28H33N3O7S2. The van der Waals surface area contributed by atoms with E-state index in [9.17, 15) is 33.2 Å². The Morgan fingerprint density at radius 2 is 1.93 bits per heavy atom. The van der Waals surface area contributed by atoms with E-state index in [1.807, 2.05) is 44.2 Å². The third kappa shape index (κ3) is 6.08. The molecule has 2 saturated carbocycles. The number of hydrogen-bond donors (Lipinski definition) is 3. The van der Waals surface area contributed by atoms with E-state index >= 15 is 0 Å². The monoisotopic (exact) mass is 587 g/mol. The van der Waals surface area contributed by atoms with Gasteiger partial charge in [-0.25, -0.2) is 13.1 Å². The summed E-state index contributed by atoms with van der Waals surface area (Å²) in [5.74, 6) is -1.58. The molecule has 2 aliphatic rings. The Morgan fingerprint density at radius 1 is 1.23 bits per heavy atom. The zero-order valence-corrected chi connectivity index (χ0v) is 24.2. The van der Waals surface area contributed by atoms with Gasteiger partial charge in [-0.15, -0.1) is 11.8 Å². The minimum Gasteiger partial charge on any atom is -0.480 e. The maximum atomic E-state index is 13.2. The number of anilines is 1. The van der Waals surface area contributed by atoms with Crippen molar-refractivity contribution in [3.05, 3.63) is 75.4 Å². The molecule has 3 atom stereocenters. The van der Waals surface area contributed by atoms with Crippen molar-refractivity contribution in [2.75, 3.05) is 17.3 Å². The van der Waals surface area contributed by atoms with E-state index in [0.29, 0.717) is 29.1 Å². The molecule has 2 aromatic rings. The third-order valence-corrected chi connectivity index (χ3v) is 10.7. The highest BCUT2D eigenvalue weighted by Crippen LogP contribution is 2.64. The summed E-state index contributed by atoms with van der Waals surface area (Å²) < 4.78 is 28.7. The van der Waals surface area contributed by atoms with Crippen molar-refractivity contribution in [1.29, 1.82) is 0 Å². The highest BCUT2D eigenvalue weighted by Gasteiger charge is 2.65. The van der Waals surface area contributed by atoms with E-state index in [-0.39, 0.29) is 18.1 Å². The van der Waals surface area contributed by atoms with Gasteiger partial charge >= 0.3 is 5.97 Å². The molecule has 2 aliphatic carbocycles. The number of thioether (sulfide) groups is 1. The van der Waals surface area contributed by atoms with Crippen molar-refractivity contribution in [3.63, 3.8) is 0 Å². The van der Waals surface area contributed by atoms with Crippen LogP contribution in [0.1, 0.15) is 38.7 Å². The topological polar surface area (TPSA) is 156 Å². The molecule has 1 unspecified atom stereocenters. The first-order valence-corrected chi connectivity index (χ1v) is 15.8. The zero-order chi connectivity index (χ0) is 29.3. The van der Waals surface area contributed by atoms with Crippen LogP contribution in [0, 0.1) is 26.9 Å². The number of sulfonamides is 1. The van der Waals surface area contributed by atoms with Crippen LogP contribution in [-0.2, 0) is 26.0 Å². The van der Waals surface area contributed by atoms with Crippen molar-refractivity contribution < 1.29 is 28.0 Å². The van der Waals surface area contributed by atoms with Crippen molar-refractivity contribution in [1.82, 2.24) is 4.72 Å². The van der Waals surface area contributed by atoms with Gasteiger partial charge in [0.1, 0.15) is 16.9 Å². The van der Waals surface area contributed by atoms with Gasteiger partial charge in [0.2, 0.25) is 10.0 Å². The first-order chi connectivity index (χ1) is 18.8. The Labute approximate surface area is 237 Å². The Kier molecular flexibility index (Phi) is 8.44. The molecule has 214 valence electrons. The van der Waals surface area contributed by atoms with Gasteiger partial charge in [-0.3, -0.25) is 19.7 Å². The molecule has 40 heavy (non-hydrogen) atoms. The molecule has 2 bridgehead atoms. The lowest BCUT2D eigenvalue weighted by Crippen LogP contribution is -2.49. The van der Waals surface area contributed by atoms with E-state index in [4.69, 9.17) is 0 Å². The number of nitrogens with zero attached hydrogens (tertiary/aromatic N) is 1. The van der Waals surface area contributed by atoms with E-state index < -0.39 is 43.5 Å². The molecule has 2 aromatic carbocycles. The summed E-state index contributed by atoms with van der Waals surface area (Å²) in [5.41, 5.74) is 1.55. The largest absolute Gasteiger partial charge is 0.480 e. The number of Topliss-reactive ketones (excluding diaryl/α,β-unsaturated/α-hetero) is 1. The molecule has 0 amide bonds. The normalized spacial score (nSPS) is 22.7. The van der Waals surface area contributed by atoms with Gasteiger partial charge in [-0.2, -0.15) is 0 Å². The summed E-state index contributed by atoms with van der Waals surface area (Å²) in [7, 11) is -4.06. The van der Waals surface area contributed by atoms with Crippen LogP contribution in [-0.4, -0.2) is 48.3 Å². The number of nitrogens with one attached hydrogen (secondary N) is 2. The Balaban J connectivity index is 1.46. The number of carbonyl (C=O) groups is 2. The molecule has 3 N–H and O–H groups in total. The van der Waals surface area contributed by atoms with E-state index in [2.05, 4.69) is 10.0 Å². The van der Waals surface area contributed by atoms with Gasteiger partial charge < -0.3 is 10.4 Å². The molecule has 0 saturated heterocycles. The van der Waals surface area contributed by atoms with Gasteiger partial charge in [0.25, 0.3) is 6.20 Å². The molecule has 0 heterocycles. The standard InChI is InChI=1S/C28H33N3O7S2/c1-27(2)21-11-12-28(27,24(32)15-21)17-40(37,38)30-23(26(33)34)13-18-7-9-19(10-8-18)20-5-4-6-22(14-20)29-25(39-3)16-31(35)36/h4-10,14,16,21,23,29-30H,11-13,15,17H2,1-3H3,(H,33,34)/b25-16-/t21?,23-,28+/m0/s1. The second kappa shape index (κ2) is 11.3. The smallest absolute Gasteiger partial charge is 0.322 e. The number of fused-ring (bicyclic) bond motifs is 2. The molecule has 4 rings (SSSR count). The number of rotatable bonds is 12. The van der Waals surface area contributed by atoms with Crippen LogP contribution < -0.4 is 10.0 Å². The maximum Gasteiger partial charge on any atom is 0.322 e. The fourth-order valence-electron chi connectivity index (χ4n) is 6.09. The number of hydrogen-bond acceptors (Lipinski definition) is 8. The molecule has 0 aliphatic heterocycles. The average Bonchev–Trinajstić information content (AvgIpc) is 3.22. The number of benzene rings is 2. The zero-order valence-electron chi connectivity index (χ0n) is 22.5. The number of nitro groups is 1. The highest BCUT2D eigenvalue weighted by molar-refractivity contribution is 8.02. The lowest BCUT2D eigenvalue weighted by Gasteiger charge is -2.36. The van der Waals surface area contributed by atoms with Gasteiger partial charge in [0.15, 0.2) is 0 Å². The Bertz CT molecular complexity index is 1450. The minimum atomic E-state index is -4.06. The molecule has 0 spiro atoms.